The van der Waals surface area contributed by atoms with E-state index in [0.29, 0.717) is 14.5 Å². The number of aryl methyl sites for hydroxylation is 1. The lowest BCUT2D eigenvalue weighted by Gasteiger charge is -2.16. The summed E-state index contributed by atoms with van der Waals surface area (Å²) in [5, 5.41) is 14.1. The monoisotopic (exact) mass is 399 g/mol. The molecule has 2 rings (SSSR count). The lowest BCUT2D eigenvalue weighted by atomic mass is 10.1. The van der Waals surface area contributed by atoms with Crippen LogP contribution in [0.1, 0.15) is 19.4 Å². The normalized spacial score (nSPS) is 12.0. The molecule has 4 N–H and O–H groups in total. The number of hydrogen-bond acceptors (Lipinski definition) is 7. The van der Waals surface area contributed by atoms with Gasteiger partial charge in [-0.3, -0.25) is 10.1 Å². The first-order valence-corrected chi connectivity index (χ1v) is 9.47. The molecule has 0 saturated carbocycles. The Morgan fingerprint density at radius 3 is 2.64 bits per heavy atom. The van der Waals surface area contributed by atoms with Crippen molar-refractivity contribution in [3.8, 4) is 0 Å². The maximum Gasteiger partial charge on any atom is 0.318 e. The van der Waals surface area contributed by atoms with Crippen LogP contribution in [-0.2, 0) is 4.79 Å². The summed E-state index contributed by atoms with van der Waals surface area (Å²) in [5.74, 6) is -0.455. The molecule has 0 bridgehead atoms. The van der Waals surface area contributed by atoms with Crippen molar-refractivity contribution in [3.05, 3.63) is 28.8 Å². The lowest BCUT2D eigenvalue weighted by molar-refractivity contribution is -0.120. The van der Waals surface area contributed by atoms with Crippen LogP contribution in [0.4, 0.5) is 15.6 Å². The highest BCUT2D eigenvalue weighted by Gasteiger charge is 2.26. The molecule has 0 radical (unpaired) electrons. The first-order valence-electron chi connectivity index (χ1n) is 7.40. The summed E-state index contributed by atoms with van der Waals surface area (Å²) in [6.07, 6.45) is 0. The van der Waals surface area contributed by atoms with Crippen LogP contribution < -0.4 is 16.4 Å². The molecule has 0 aliphatic heterocycles. The number of rotatable bonds is 6. The van der Waals surface area contributed by atoms with Crippen molar-refractivity contribution in [1.29, 1.82) is 0 Å². The number of halogens is 1. The highest BCUT2D eigenvalue weighted by molar-refractivity contribution is 8.02. The van der Waals surface area contributed by atoms with Gasteiger partial charge in [-0.05, 0) is 30.5 Å². The average molecular weight is 400 g/mol. The molecule has 1 aromatic heterocycles. The summed E-state index contributed by atoms with van der Waals surface area (Å²) in [4.78, 5) is 22.9. The molecule has 25 heavy (non-hydrogen) atoms. The number of primary amides is 1. The van der Waals surface area contributed by atoms with Crippen LogP contribution in [0.15, 0.2) is 22.5 Å². The maximum absolute atomic E-state index is 12.1. The molecule has 1 unspecified atom stereocenters. The minimum atomic E-state index is -0.868. The van der Waals surface area contributed by atoms with Crippen LogP contribution in [0, 0.1) is 12.8 Å². The van der Waals surface area contributed by atoms with E-state index >= 15 is 0 Å². The molecule has 1 atom stereocenters. The number of carbonyl (C=O) groups excluding carboxylic acids is 2. The predicted molar refractivity (Wildman–Crippen MR) is 102 cm³/mol. The Kier molecular flexibility index (Phi) is 6.63. The van der Waals surface area contributed by atoms with E-state index in [4.69, 9.17) is 17.3 Å². The molecular formula is C15H18ClN5O2S2. The minimum absolute atomic E-state index is 0.0134. The number of thioether (sulfide) groups is 1. The highest BCUT2D eigenvalue weighted by Crippen LogP contribution is 2.33. The van der Waals surface area contributed by atoms with Crippen LogP contribution in [-0.4, -0.2) is 27.4 Å². The van der Waals surface area contributed by atoms with Crippen molar-refractivity contribution < 1.29 is 9.59 Å². The largest absolute Gasteiger partial charge is 0.351 e. The zero-order chi connectivity index (χ0) is 18.6. The van der Waals surface area contributed by atoms with E-state index in [1.807, 2.05) is 39.0 Å². The number of nitrogens with two attached hydrogens (primary N) is 1. The molecule has 0 aliphatic rings. The van der Waals surface area contributed by atoms with Gasteiger partial charge in [-0.2, -0.15) is 0 Å². The fourth-order valence-electron chi connectivity index (χ4n) is 1.90. The number of hydrogen-bond donors (Lipinski definition) is 3. The van der Waals surface area contributed by atoms with Gasteiger partial charge in [0.25, 0.3) is 0 Å². The van der Waals surface area contributed by atoms with Crippen molar-refractivity contribution in [2.24, 2.45) is 11.7 Å². The second-order valence-corrected chi connectivity index (χ2v) is 8.37. The topological polar surface area (TPSA) is 110 Å². The van der Waals surface area contributed by atoms with Crippen LogP contribution in [0.25, 0.3) is 0 Å². The van der Waals surface area contributed by atoms with E-state index in [-0.39, 0.29) is 5.92 Å². The number of urea groups is 1. The molecular weight excluding hydrogens is 382 g/mol. The Morgan fingerprint density at radius 2 is 2.04 bits per heavy atom. The molecule has 0 saturated heterocycles. The lowest BCUT2D eigenvalue weighted by Crippen LogP contribution is -2.42. The summed E-state index contributed by atoms with van der Waals surface area (Å²) in [5.41, 5.74) is 6.80. The fraction of sp³-hybridized carbons (Fsp3) is 0.333. The molecule has 7 nitrogen and oxygen atoms in total. The molecule has 0 spiro atoms. The first-order chi connectivity index (χ1) is 11.8. The highest BCUT2D eigenvalue weighted by atomic mass is 35.5. The first kappa shape index (κ1) is 19.5. The second-order valence-electron chi connectivity index (χ2n) is 5.60. The number of nitrogens with one attached hydrogen (secondary N) is 2. The predicted octanol–water partition coefficient (Wildman–Crippen LogP) is 3.56. The standard InChI is InChI=1S/C15H18ClN5O2S2/c1-7(2)11(12(22)19-13(17)23)24-15-21-20-14(25-15)18-9-5-4-8(3)10(16)6-9/h4-7,11H,1-3H3,(H,18,20)(H3,17,19,22,23). The Morgan fingerprint density at radius 1 is 1.32 bits per heavy atom. The molecule has 3 amide bonds. The van der Waals surface area contributed by atoms with Crippen molar-refractivity contribution in [3.63, 3.8) is 0 Å². The van der Waals surface area contributed by atoms with E-state index in [2.05, 4.69) is 20.8 Å². The van der Waals surface area contributed by atoms with E-state index in [9.17, 15) is 9.59 Å². The van der Waals surface area contributed by atoms with Crippen LogP contribution >= 0.6 is 34.7 Å². The molecule has 2 aromatic rings. The number of aromatic nitrogens is 2. The van der Waals surface area contributed by atoms with Crippen molar-refractivity contribution in [2.45, 2.75) is 30.4 Å². The average Bonchev–Trinajstić information content (AvgIpc) is 2.94. The maximum atomic E-state index is 12.1. The number of anilines is 2. The van der Waals surface area contributed by atoms with Crippen molar-refractivity contribution >= 4 is 57.5 Å². The third-order valence-corrected chi connectivity index (χ3v) is 6.04. The van der Waals surface area contributed by atoms with Gasteiger partial charge in [-0.1, -0.05) is 54.6 Å². The number of amides is 3. The quantitative estimate of drug-likeness (QED) is 0.640. The number of nitrogens with zero attached hydrogens (tertiary/aromatic N) is 2. The summed E-state index contributed by atoms with van der Waals surface area (Å²) in [6, 6.07) is 4.74. The SMILES string of the molecule is Cc1ccc(Nc2nnc(SC(C(=O)NC(N)=O)C(C)C)s2)cc1Cl. The van der Waals surface area contributed by atoms with Crippen molar-refractivity contribution in [1.82, 2.24) is 15.5 Å². The van der Waals surface area contributed by atoms with Gasteiger partial charge in [0.15, 0.2) is 4.34 Å². The third-order valence-electron chi connectivity index (χ3n) is 3.17. The molecule has 0 fully saturated rings. The number of carbonyl (C=O) groups is 2. The van der Waals surface area contributed by atoms with E-state index in [0.717, 1.165) is 11.3 Å². The van der Waals surface area contributed by atoms with E-state index in [1.54, 1.807) is 0 Å². The second kappa shape index (κ2) is 8.50. The smallest absolute Gasteiger partial charge is 0.318 e. The van der Waals surface area contributed by atoms with Gasteiger partial charge < -0.3 is 11.1 Å². The molecule has 0 aliphatic carbocycles. The van der Waals surface area contributed by atoms with Gasteiger partial charge in [0, 0.05) is 10.7 Å². The van der Waals surface area contributed by atoms with Gasteiger partial charge in [0.2, 0.25) is 11.0 Å². The Bertz CT molecular complexity index is 781. The summed E-state index contributed by atoms with van der Waals surface area (Å²) in [6.45, 7) is 5.69. The zero-order valence-electron chi connectivity index (χ0n) is 13.9. The van der Waals surface area contributed by atoms with Gasteiger partial charge in [-0.15, -0.1) is 10.2 Å². The van der Waals surface area contributed by atoms with Crippen LogP contribution in [0.3, 0.4) is 0 Å². The van der Waals surface area contributed by atoms with Crippen LogP contribution in [0.5, 0.6) is 0 Å². The molecule has 1 aromatic carbocycles. The Balaban J connectivity index is 2.07. The minimum Gasteiger partial charge on any atom is -0.351 e. The molecule has 10 heteroatoms. The van der Waals surface area contributed by atoms with E-state index < -0.39 is 17.2 Å². The zero-order valence-corrected chi connectivity index (χ0v) is 16.3. The molecule has 1 heterocycles. The Hall–Kier alpha value is -1.84. The number of benzene rings is 1. The van der Waals surface area contributed by atoms with Crippen LogP contribution in [0.2, 0.25) is 5.02 Å². The summed E-state index contributed by atoms with van der Waals surface area (Å²) < 4.78 is 0.610. The molecule has 134 valence electrons. The van der Waals surface area contributed by atoms with Gasteiger partial charge in [0.1, 0.15) is 0 Å². The number of imide groups is 1. The fourth-order valence-corrected chi connectivity index (χ4v) is 4.06. The van der Waals surface area contributed by atoms with E-state index in [1.165, 1.54) is 23.1 Å². The van der Waals surface area contributed by atoms with Crippen molar-refractivity contribution in [2.75, 3.05) is 5.32 Å². The van der Waals surface area contributed by atoms with Gasteiger partial charge in [-0.25, -0.2) is 4.79 Å². The van der Waals surface area contributed by atoms with Gasteiger partial charge in [0.05, 0.1) is 5.25 Å². The summed E-state index contributed by atoms with van der Waals surface area (Å²) in [7, 11) is 0. The summed E-state index contributed by atoms with van der Waals surface area (Å²) >= 11 is 8.66. The third kappa shape index (κ3) is 5.58. The van der Waals surface area contributed by atoms with Gasteiger partial charge >= 0.3 is 6.03 Å². The Labute approximate surface area is 158 Å².